The van der Waals surface area contributed by atoms with E-state index in [0.717, 1.165) is 11.4 Å². The van der Waals surface area contributed by atoms with Crippen LogP contribution in [-0.4, -0.2) is 16.8 Å². The van der Waals surface area contributed by atoms with Crippen molar-refractivity contribution in [3.8, 4) is 0 Å². The van der Waals surface area contributed by atoms with Crippen LogP contribution in [-0.2, 0) is 22.7 Å². The van der Waals surface area contributed by atoms with Gasteiger partial charge in [-0.3, -0.25) is 14.6 Å². The Bertz CT molecular complexity index is 359. The normalized spacial score (nSPS) is 8.30. The first-order chi connectivity index (χ1) is 9.58. The molecule has 114 valence electrons. The molecule has 2 N–H and O–H groups in total. The molecule has 0 spiro atoms. The summed E-state index contributed by atoms with van der Waals surface area (Å²) in [6, 6.07) is 5.50. The number of carbonyl (C=O) groups is 2. The summed E-state index contributed by atoms with van der Waals surface area (Å²) in [5.74, 6) is -0.178. The summed E-state index contributed by atoms with van der Waals surface area (Å²) in [5.41, 5.74) is 1.55. The molecule has 0 aliphatic carbocycles. The van der Waals surface area contributed by atoms with Gasteiger partial charge in [0.2, 0.25) is 11.8 Å². The molecule has 1 rings (SSSR count). The average Bonchev–Trinajstić information content (AvgIpc) is 2.47. The fourth-order valence-corrected chi connectivity index (χ4v) is 1.16. The van der Waals surface area contributed by atoms with E-state index in [1.807, 2.05) is 45.9 Å². The second-order valence-electron chi connectivity index (χ2n) is 3.44. The Labute approximate surface area is 122 Å². The molecular weight excluding hydrogens is 254 g/mol. The largest absolute Gasteiger partial charge is 0.351 e. The maximum absolute atomic E-state index is 10.7. The van der Waals surface area contributed by atoms with E-state index in [9.17, 15) is 9.59 Å². The van der Waals surface area contributed by atoms with Gasteiger partial charge in [0.15, 0.2) is 0 Å². The van der Waals surface area contributed by atoms with Crippen molar-refractivity contribution in [3.05, 3.63) is 29.6 Å². The van der Waals surface area contributed by atoms with E-state index >= 15 is 0 Å². The zero-order valence-corrected chi connectivity index (χ0v) is 13.4. The molecule has 5 heteroatoms. The van der Waals surface area contributed by atoms with Crippen LogP contribution in [0.1, 0.15) is 52.9 Å². The summed E-state index contributed by atoms with van der Waals surface area (Å²) in [6.45, 7) is 11.7. The monoisotopic (exact) mass is 281 g/mol. The highest BCUT2D eigenvalue weighted by Crippen LogP contribution is 1.99. The molecule has 2 amide bonds. The fraction of sp³-hybridized carbons (Fsp3) is 0.533. The third-order valence-electron chi connectivity index (χ3n) is 1.90. The van der Waals surface area contributed by atoms with Crippen molar-refractivity contribution in [2.75, 3.05) is 0 Å². The summed E-state index contributed by atoms with van der Waals surface area (Å²) >= 11 is 0. The molecule has 0 radical (unpaired) electrons. The molecule has 0 bridgehead atoms. The molecule has 0 atom stereocenters. The van der Waals surface area contributed by atoms with E-state index in [2.05, 4.69) is 15.6 Å². The van der Waals surface area contributed by atoms with Crippen LogP contribution in [0, 0.1) is 0 Å². The first kappa shape index (κ1) is 20.4. The zero-order chi connectivity index (χ0) is 16.0. The quantitative estimate of drug-likeness (QED) is 0.890. The lowest BCUT2D eigenvalue weighted by Crippen LogP contribution is -2.22. The Morgan fingerprint density at radius 3 is 1.55 bits per heavy atom. The van der Waals surface area contributed by atoms with Crippen molar-refractivity contribution in [3.63, 3.8) is 0 Å². The summed E-state index contributed by atoms with van der Waals surface area (Å²) in [7, 11) is 0. The SMILES string of the molecule is CC.CC.CC(=O)NCc1cccc(CNC(C)=O)n1. The summed E-state index contributed by atoms with van der Waals surface area (Å²) in [6.07, 6.45) is 0. The van der Waals surface area contributed by atoms with E-state index in [1.54, 1.807) is 0 Å². The van der Waals surface area contributed by atoms with Crippen LogP contribution < -0.4 is 10.6 Å². The average molecular weight is 281 g/mol. The van der Waals surface area contributed by atoms with Crippen LogP contribution in [0.4, 0.5) is 0 Å². The fourth-order valence-electron chi connectivity index (χ4n) is 1.16. The lowest BCUT2D eigenvalue weighted by atomic mass is 10.3. The second-order valence-corrected chi connectivity index (χ2v) is 3.44. The molecular formula is C15H27N3O2. The molecule has 0 saturated heterocycles. The number of hydrogen-bond acceptors (Lipinski definition) is 3. The number of nitrogens with zero attached hydrogens (tertiary/aromatic N) is 1. The molecule has 0 aliphatic heterocycles. The number of aromatic nitrogens is 1. The smallest absolute Gasteiger partial charge is 0.217 e. The van der Waals surface area contributed by atoms with Gasteiger partial charge >= 0.3 is 0 Å². The van der Waals surface area contributed by atoms with Gasteiger partial charge < -0.3 is 10.6 Å². The molecule has 1 heterocycles. The Kier molecular flexibility index (Phi) is 13.8. The van der Waals surface area contributed by atoms with Crippen LogP contribution in [0.5, 0.6) is 0 Å². The summed E-state index contributed by atoms with van der Waals surface area (Å²) in [5, 5.41) is 5.33. The number of amides is 2. The minimum Gasteiger partial charge on any atom is -0.351 e. The molecule has 0 unspecified atom stereocenters. The van der Waals surface area contributed by atoms with Crippen molar-refractivity contribution in [1.82, 2.24) is 15.6 Å². The number of rotatable bonds is 4. The molecule has 20 heavy (non-hydrogen) atoms. The van der Waals surface area contributed by atoms with Gasteiger partial charge in [-0.05, 0) is 12.1 Å². The van der Waals surface area contributed by atoms with Gasteiger partial charge in [-0.15, -0.1) is 0 Å². The predicted molar refractivity (Wildman–Crippen MR) is 82.0 cm³/mol. The number of pyridine rings is 1. The highest BCUT2D eigenvalue weighted by atomic mass is 16.2. The molecule has 1 aromatic heterocycles. The maximum Gasteiger partial charge on any atom is 0.217 e. The zero-order valence-electron chi connectivity index (χ0n) is 13.4. The molecule has 0 aliphatic rings. The second kappa shape index (κ2) is 13.5. The van der Waals surface area contributed by atoms with Crippen molar-refractivity contribution in [1.29, 1.82) is 0 Å². The topological polar surface area (TPSA) is 71.1 Å². The van der Waals surface area contributed by atoms with Crippen molar-refractivity contribution < 1.29 is 9.59 Å². The summed E-state index contributed by atoms with van der Waals surface area (Å²) < 4.78 is 0. The van der Waals surface area contributed by atoms with Crippen molar-refractivity contribution in [2.24, 2.45) is 0 Å². The van der Waals surface area contributed by atoms with Crippen molar-refractivity contribution in [2.45, 2.75) is 54.6 Å². The molecule has 0 fully saturated rings. The minimum atomic E-state index is -0.0888. The minimum absolute atomic E-state index is 0.0888. The third-order valence-corrected chi connectivity index (χ3v) is 1.90. The van der Waals surface area contributed by atoms with Gasteiger partial charge in [0.25, 0.3) is 0 Å². The van der Waals surface area contributed by atoms with Crippen molar-refractivity contribution >= 4 is 11.8 Å². The van der Waals surface area contributed by atoms with Gasteiger partial charge in [-0.1, -0.05) is 33.8 Å². The van der Waals surface area contributed by atoms with Gasteiger partial charge in [0.05, 0.1) is 24.5 Å². The van der Waals surface area contributed by atoms with Gasteiger partial charge in [-0.2, -0.15) is 0 Å². The van der Waals surface area contributed by atoms with E-state index in [1.165, 1.54) is 13.8 Å². The van der Waals surface area contributed by atoms with Crippen LogP contribution in [0.15, 0.2) is 18.2 Å². The highest BCUT2D eigenvalue weighted by molar-refractivity contribution is 5.73. The lowest BCUT2D eigenvalue weighted by Gasteiger charge is -2.05. The van der Waals surface area contributed by atoms with Gasteiger partial charge in [0.1, 0.15) is 0 Å². The predicted octanol–water partition coefficient (Wildman–Crippen LogP) is 2.41. The number of nitrogens with one attached hydrogen (secondary N) is 2. The summed E-state index contributed by atoms with van der Waals surface area (Å²) in [4.78, 5) is 25.7. The third kappa shape index (κ3) is 11.2. The molecule has 5 nitrogen and oxygen atoms in total. The first-order valence-corrected chi connectivity index (χ1v) is 7.01. The lowest BCUT2D eigenvalue weighted by molar-refractivity contribution is -0.119. The number of hydrogen-bond donors (Lipinski definition) is 2. The van der Waals surface area contributed by atoms with E-state index < -0.39 is 0 Å². The molecule has 0 saturated carbocycles. The molecule has 0 aromatic carbocycles. The number of carbonyl (C=O) groups excluding carboxylic acids is 2. The van der Waals surface area contributed by atoms with E-state index in [4.69, 9.17) is 0 Å². The maximum atomic E-state index is 10.7. The standard InChI is InChI=1S/C11H15N3O2.2C2H6/c1-8(15)12-6-10-4-3-5-11(14-10)7-13-9(2)16;2*1-2/h3-5H,6-7H2,1-2H3,(H,12,15)(H,13,16);2*1-2H3. The van der Waals surface area contributed by atoms with Crippen LogP contribution in [0.3, 0.4) is 0 Å². The Morgan fingerprint density at radius 1 is 0.900 bits per heavy atom. The Balaban J connectivity index is 0. The van der Waals surface area contributed by atoms with Gasteiger partial charge in [-0.25, -0.2) is 0 Å². The van der Waals surface area contributed by atoms with Gasteiger partial charge in [0, 0.05) is 13.8 Å². The van der Waals surface area contributed by atoms with Crippen LogP contribution in [0.25, 0.3) is 0 Å². The van der Waals surface area contributed by atoms with E-state index in [0.29, 0.717) is 13.1 Å². The first-order valence-electron chi connectivity index (χ1n) is 7.01. The Morgan fingerprint density at radius 2 is 1.25 bits per heavy atom. The van der Waals surface area contributed by atoms with Crippen LogP contribution >= 0.6 is 0 Å². The highest BCUT2D eigenvalue weighted by Gasteiger charge is 1.99. The molecule has 1 aromatic rings. The van der Waals surface area contributed by atoms with Crippen LogP contribution in [0.2, 0.25) is 0 Å². The van der Waals surface area contributed by atoms with E-state index in [-0.39, 0.29) is 11.8 Å². The Hall–Kier alpha value is -1.91.